The van der Waals surface area contributed by atoms with Gasteiger partial charge in [-0.3, -0.25) is 4.79 Å². The number of hydrogen-bond acceptors (Lipinski definition) is 2. The van der Waals surface area contributed by atoms with Gasteiger partial charge in [-0.1, -0.05) is 85.1 Å². The Morgan fingerprint density at radius 1 is 1.03 bits per heavy atom. The van der Waals surface area contributed by atoms with Crippen LogP contribution in [0.3, 0.4) is 0 Å². The van der Waals surface area contributed by atoms with Gasteiger partial charge >= 0.3 is 5.97 Å². The highest BCUT2D eigenvalue weighted by atomic mass is 16.5. The standard InChI is InChI=1S/C35H58O2/c1-8-10-11-12-33(36)37-28-19-21-34(6)27(23-28)15-16-29-31-18-17-30(35(31,7)22-20-32(29)34)25(5)13-14-26(9-2)24(3)4/h13-15,24-26,28-32H,8-12,16-23H2,1-7H3/b14-13+/t25-,26-,28+,29+,30-,31+,32+,34+,35-/m1/s1. The maximum Gasteiger partial charge on any atom is 0.306 e. The minimum Gasteiger partial charge on any atom is -0.462 e. The van der Waals surface area contributed by atoms with Crippen molar-refractivity contribution < 1.29 is 9.53 Å². The summed E-state index contributed by atoms with van der Waals surface area (Å²) in [4.78, 5) is 12.4. The third kappa shape index (κ3) is 5.79. The second kappa shape index (κ2) is 12.0. The van der Waals surface area contributed by atoms with E-state index in [1.165, 1.54) is 44.9 Å². The molecule has 9 atom stereocenters. The summed E-state index contributed by atoms with van der Waals surface area (Å²) in [6.07, 6.45) is 23.1. The summed E-state index contributed by atoms with van der Waals surface area (Å²) < 4.78 is 5.97. The number of carbonyl (C=O) groups excluding carboxylic acids is 1. The molecule has 4 aliphatic carbocycles. The number of allylic oxidation sites excluding steroid dienone is 3. The van der Waals surface area contributed by atoms with Crippen molar-refractivity contribution in [3.63, 3.8) is 0 Å². The number of hydrogen-bond donors (Lipinski definition) is 0. The van der Waals surface area contributed by atoms with Crippen LogP contribution in [-0.2, 0) is 9.53 Å². The first-order valence-electron chi connectivity index (χ1n) is 16.2. The van der Waals surface area contributed by atoms with Crippen molar-refractivity contribution in [3.8, 4) is 0 Å². The molecule has 0 spiro atoms. The van der Waals surface area contributed by atoms with Crippen LogP contribution in [0.15, 0.2) is 23.8 Å². The Morgan fingerprint density at radius 2 is 1.81 bits per heavy atom. The summed E-state index contributed by atoms with van der Waals surface area (Å²) in [6.45, 7) is 17.0. The molecule has 0 N–H and O–H groups in total. The van der Waals surface area contributed by atoms with Crippen LogP contribution in [0.5, 0.6) is 0 Å². The van der Waals surface area contributed by atoms with Gasteiger partial charge in [-0.15, -0.1) is 0 Å². The highest BCUT2D eigenvalue weighted by Crippen LogP contribution is 2.67. The van der Waals surface area contributed by atoms with Crippen molar-refractivity contribution in [3.05, 3.63) is 23.8 Å². The lowest BCUT2D eigenvalue weighted by Gasteiger charge is -2.58. The Hall–Kier alpha value is -1.05. The smallest absolute Gasteiger partial charge is 0.306 e. The van der Waals surface area contributed by atoms with E-state index < -0.39 is 0 Å². The van der Waals surface area contributed by atoms with Crippen LogP contribution in [-0.4, -0.2) is 12.1 Å². The zero-order valence-electron chi connectivity index (χ0n) is 25.4. The summed E-state index contributed by atoms with van der Waals surface area (Å²) in [6, 6.07) is 0. The lowest BCUT2D eigenvalue weighted by Crippen LogP contribution is -2.51. The van der Waals surface area contributed by atoms with Gasteiger partial charge in [-0.05, 0) is 110 Å². The normalized spacial score (nSPS) is 39.0. The molecule has 0 aromatic rings. The molecule has 2 heteroatoms. The van der Waals surface area contributed by atoms with Crippen molar-refractivity contribution >= 4 is 5.97 Å². The van der Waals surface area contributed by atoms with Crippen LogP contribution in [0.25, 0.3) is 0 Å². The molecular formula is C35H58O2. The van der Waals surface area contributed by atoms with E-state index in [4.69, 9.17) is 4.74 Å². The zero-order valence-corrected chi connectivity index (χ0v) is 25.4. The van der Waals surface area contributed by atoms with Gasteiger partial charge in [0.1, 0.15) is 6.10 Å². The van der Waals surface area contributed by atoms with Crippen LogP contribution in [0.2, 0.25) is 0 Å². The molecule has 0 aromatic carbocycles. The van der Waals surface area contributed by atoms with Crippen molar-refractivity contribution in [1.82, 2.24) is 0 Å². The molecule has 0 aliphatic heterocycles. The monoisotopic (exact) mass is 510 g/mol. The van der Waals surface area contributed by atoms with Gasteiger partial charge in [0.15, 0.2) is 0 Å². The van der Waals surface area contributed by atoms with E-state index in [1.807, 2.05) is 0 Å². The minimum atomic E-state index is 0.0311. The molecule has 3 saturated carbocycles. The highest BCUT2D eigenvalue weighted by Gasteiger charge is 2.59. The van der Waals surface area contributed by atoms with Crippen molar-refractivity contribution in [2.24, 2.45) is 52.3 Å². The van der Waals surface area contributed by atoms with Gasteiger partial charge < -0.3 is 4.74 Å². The van der Waals surface area contributed by atoms with Crippen LogP contribution in [0.4, 0.5) is 0 Å². The average Bonchev–Trinajstić information content (AvgIpc) is 3.22. The number of ether oxygens (including phenoxy) is 1. The Bertz CT molecular complexity index is 838. The van der Waals surface area contributed by atoms with E-state index in [1.54, 1.807) is 5.57 Å². The third-order valence-corrected chi connectivity index (χ3v) is 12.0. The summed E-state index contributed by atoms with van der Waals surface area (Å²) in [5.74, 6) is 5.55. The lowest BCUT2D eigenvalue weighted by atomic mass is 9.47. The van der Waals surface area contributed by atoms with Crippen molar-refractivity contribution in [1.29, 1.82) is 0 Å². The van der Waals surface area contributed by atoms with Gasteiger partial charge in [-0.2, -0.15) is 0 Å². The number of carbonyl (C=O) groups is 1. The van der Waals surface area contributed by atoms with Gasteiger partial charge in [0, 0.05) is 12.8 Å². The van der Waals surface area contributed by atoms with Crippen molar-refractivity contribution in [2.45, 2.75) is 138 Å². The average molecular weight is 511 g/mol. The second-order valence-electron chi connectivity index (χ2n) is 14.4. The first-order valence-corrected chi connectivity index (χ1v) is 16.2. The maximum absolute atomic E-state index is 12.4. The predicted octanol–water partition coefficient (Wildman–Crippen LogP) is 9.93. The molecule has 4 aliphatic rings. The molecule has 0 amide bonds. The van der Waals surface area contributed by atoms with Gasteiger partial charge in [0.05, 0.1) is 0 Å². The topological polar surface area (TPSA) is 26.3 Å². The fourth-order valence-corrected chi connectivity index (χ4v) is 9.68. The first-order chi connectivity index (χ1) is 17.6. The molecule has 0 aromatic heterocycles. The number of rotatable bonds is 10. The van der Waals surface area contributed by atoms with E-state index in [-0.39, 0.29) is 12.1 Å². The highest BCUT2D eigenvalue weighted by molar-refractivity contribution is 5.69. The molecule has 0 unspecified atom stereocenters. The number of esters is 1. The van der Waals surface area contributed by atoms with Crippen LogP contribution < -0.4 is 0 Å². The summed E-state index contributed by atoms with van der Waals surface area (Å²) in [5.41, 5.74) is 2.45. The van der Waals surface area contributed by atoms with E-state index in [0.717, 1.165) is 67.6 Å². The predicted molar refractivity (Wildman–Crippen MR) is 156 cm³/mol. The molecule has 37 heavy (non-hydrogen) atoms. The van der Waals surface area contributed by atoms with Gasteiger partial charge in [0.25, 0.3) is 0 Å². The SMILES string of the molecule is CCCCCC(=O)O[C@H]1CC[C@@]2(C)C(=CC[C@H]3[C@@H]4CC[C@H]([C@H](C)/C=C/[C@@H](CC)C(C)C)[C@@]4(C)CC[C@@H]32)C1. The zero-order chi connectivity index (χ0) is 26.8. The van der Waals surface area contributed by atoms with Gasteiger partial charge in [-0.25, -0.2) is 0 Å². The molecular weight excluding hydrogens is 452 g/mol. The van der Waals surface area contributed by atoms with Crippen LogP contribution >= 0.6 is 0 Å². The van der Waals surface area contributed by atoms with E-state index in [9.17, 15) is 4.79 Å². The van der Waals surface area contributed by atoms with Gasteiger partial charge in [0.2, 0.25) is 0 Å². The molecule has 3 fully saturated rings. The number of fused-ring (bicyclic) bond motifs is 5. The quantitative estimate of drug-likeness (QED) is 0.166. The Labute approximate surface area is 229 Å². The molecule has 0 heterocycles. The largest absolute Gasteiger partial charge is 0.462 e. The van der Waals surface area contributed by atoms with E-state index in [0.29, 0.717) is 23.2 Å². The second-order valence-corrected chi connectivity index (χ2v) is 14.4. The van der Waals surface area contributed by atoms with Crippen LogP contribution in [0.1, 0.15) is 132 Å². The molecule has 2 nitrogen and oxygen atoms in total. The summed E-state index contributed by atoms with van der Waals surface area (Å²) in [7, 11) is 0. The molecule has 210 valence electrons. The third-order valence-electron chi connectivity index (χ3n) is 12.0. The molecule has 0 saturated heterocycles. The molecule has 0 radical (unpaired) electrons. The fourth-order valence-electron chi connectivity index (χ4n) is 9.68. The minimum absolute atomic E-state index is 0.0311. The summed E-state index contributed by atoms with van der Waals surface area (Å²) in [5, 5.41) is 0. The Kier molecular flexibility index (Phi) is 9.38. The fraction of sp³-hybridized carbons (Fsp3) is 0.857. The van der Waals surface area contributed by atoms with Crippen LogP contribution in [0, 0.1) is 52.3 Å². The van der Waals surface area contributed by atoms with E-state index in [2.05, 4.69) is 66.7 Å². The van der Waals surface area contributed by atoms with E-state index >= 15 is 0 Å². The maximum atomic E-state index is 12.4. The summed E-state index contributed by atoms with van der Waals surface area (Å²) >= 11 is 0. The Morgan fingerprint density at radius 3 is 2.51 bits per heavy atom. The molecule has 4 rings (SSSR count). The Balaban J connectivity index is 1.42. The first kappa shape index (κ1) is 28.9. The van der Waals surface area contributed by atoms with Crippen molar-refractivity contribution in [2.75, 3.05) is 0 Å². The lowest BCUT2D eigenvalue weighted by molar-refractivity contribution is -0.151. The molecule has 0 bridgehead atoms. The number of unbranched alkanes of at least 4 members (excludes halogenated alkanes) is 2.